The molecule has 1 heterocycles. The first-order chi connectivity index (χ1) is 12.4. The predicted octanol–water partition coefficient (Wildman–Crippen LogP) is 2.14. The molecule has 2 fully saturated rings. The molecule has 0 aromatic rings. The third-order valence-corrected chi connectivity index (χ3v) is 5.85. The highest BCUT2D eigenvalue weighted by molar-refractivity contribution is 5.79. The van der Waals surface area contributed by atoms with Crippen LogP contribution in [0.1, 0.15) is 59.3 Å². The van der Waals surface area contributed by atoms with Gasteiger partial charge < -0.3 is 20.1 Å². The van der Waals surface area contributed by atoms with Crippen LogP contribution in [0, 0.1) is 11.8 Å². The minimum absolute atomic E-state index is 0.0219. The van der Waals surface area contributed by atoms with Crippen LogP contribution in [-0.4, -0.2) is 61.1 Å². The molecule has 0 radical (unpaired) electrons. The average molecular weight is 369 g/mol. The van der Waals surface area contributed by atoms with E-state index in [1.54, 1.807) is 4.90 Å². The van der Waals surface area contributed by atoms with E-state index >= 15 is 0 Å². The Balaban J connectivity index is 1.82. The van der Waals surface area contributed by atoms with Crippen molar-refractivity contribution in [1.29, 1.82) is 0 Å². The zero-order chi connectivity index (χ0) is 19.1. The third-order valence-electron chi connectivity index (χ3n) is 5.85. The van der Waals surface area contributed by atoms with E-state index in [-0.39, 0.29) is 43.1 Å². The first-order valence-corrected chi connectivity index (χ1v) is 10.1. The minimum atomic E-state index is -0.0986. The molecule has 6 nitrogen and oxygen atoms in total. The molecule has 6 heteroatoms. The number of hydrogen-bond acceptors (Lipinski definition) is 5. The highest BCUT2D eigenvalue weighted by atomic mass is 16.5. The van der Waals surface area contributed by atoms with Crippen molar-refractivity contribution in [3.8, 4) is 0 Å². The van der Waals surface area contributed by atoms with Gasteiger partial charge in [0, 0.05) is 12.6 Å². The van der Waals surface area contributed by atoms with Gasteiger partial charge in [0.05, 0.1) is 18.8 Å². The van der Waals surface area contributed by atoms with Gasteiger partial charge in [-0.2, -0.15) is 0 Å². The summed E-state index contributed by atoms with van der Waals surface area (Å²) >= 11 is 0. The fraction of sp³-hybridized carbons (Fsp3) is 0.900. The summed E-state index contributed by atoms with van der Waals surface area (Å²) in [7, 11) is 0. The molecule has 0 bridgehead atoms. The van der Waals surface area contributed by atoms with Crippen molar-refractivity contribution in [2.24, 2.45) is 17.6 Å². The Morgan fingerprint density at radius 1 is 1.12 bits per heavy atom. The van der Waals surface area contributed by atoms with Crippen LogP contribution >= 0.6 is 0 Å². The summed E-state index contributed by atoms with van der Waals surface area (Å²) in [6, 6.07) is -0.160. The van der Waals surface area contributed by atoms with E-state index in [0.717, 1.165) is 37.5 Å². The van der Waals surface area contributed by atoms with Gasteiger partial charge in [0.2, 0.25) is 5.91 Å². The van der Waals surface area contributed by atoms with E-state index < -0.39 is 0 Å². The zero-order valence-electron chi connectivity index (χ0n) is 16.6. The van der Waals surface area contributed by atoms with Gasteiger partial charge in [0.15, 0.2) is 5.78 Å². The number of amides is 1. The molecular formula is C20H36N2O4. The van der Waals surface area contributed by atoms with Crippen LogP contribution in [0.5, 0.6) is 0 Å². The molecule has 1 aliphatic carbocycles. The molecule has 1 saturated heterocycles. The van der Waals surface area contributed by atoms with Crippen molar-refractivity contribution in [3.63, 3.8) is 0 Å². The van der Waals surface area contributed by atoms with E-state index in [0.29, 0.717) is 13.2 Å². The number of ketones is 1. The summed E-state index contributed by atoms with van der Waals surface area (Å²) in [4.78, 5) is 25.3. The quantitative estimate of drug-likeness (QED) is 0.710. The molecular weight excluding hydrogens is 332 g/mol. The number of nitrogens with zero attached hydrogens (tertiary/aromatic N) is 1. The fourth-order valence-electron chi connectivity index (χ4n) is 4.13. The number of likely N-dealkylation sites (tertiary alicyclic amines) is 1. The Bertz CT molecular complexity index is 461. The van der Waals surface area contributed by atoms with Crippen molar-refractivity contribution in [3.05, 3.63) is 0 Å². The Morgan fingerprint density at radius 2 is 1.81 bits per heavy atom. The molecule has 1 amide bonds. The highest BCUT2D eigenvalue weighted by Gasteiger charge is 2.33. The molecule has 2 aliphatic rings. The van der Waals surface area contributed by atoms with Crippen molar-refractivity contribution in [1.82, 2.24) is 4.90 Å². The molecule has 1 aliphatic heterocycles. The summed E-state index contributed by atoms with van der Waals surface area (Å²) in [5.74, 6) is 1.37. The van der Waals surface area contributed by atoms with Gasteiger partial charge in [-0.3, -0.25) is 9.59 Å². The van der Waals surface area contributed by atoms with E-state index in [1.165, 1.54) is 19.8 Å². The maximum Gasteiger partial charge on any atom is 0.248 e. The van der Waals surface area contributed by atoms with Crippen LogP contribution in [0.25, 0.3) is 0 Å². The Morgan fingerprint density at radius 3 is 2.42 bits per heavy atom. The lowest BCUT2D eigenvalue weighted by Crippen LogP contribution is -2.57. The molecule has 1 saturated carbocycles. The maximum atomic E-state index is 12.5. The number of carbonyl (C=O) groups is 2. The SMILES string of the molecule is CC(=O)COCC(=O)N1CCCC(N)C1COC1CCC(C(C)C)CC1. The topological polar surface area (TPSA) is 81.9 Å². The van der Waals surface area contributed by atoms with Crippen molar-refractivity contribution in [2.45, 2.75) is 77.5 Å². The number of piperidine rings is 1. The van der Waals surface area contributed by atoms with Crippen LogP contribution in [-0.2, 0) is 19.1 Å². The van der Waals surface area contributed by atoms with Crippen LogP contribution < -0.4 is 5.73 Å². The normalized spacial score (nSPS) is 29.8. The Labute approximate surface area is 157 Å². The van der Waals surface area contributed by atoms with Gasteiger partial charge in [0.25, 0.3) is 0 Å². The number of nitrogens with two attached hydrogens (primary N) is 1. The van der Waals surface area contributed by atoms with Crippen LogP contribution in [0.2, 0.25) is 0 Å². The summed E-state index contributed by atoms with van der Waals surface area (Å²) in [5.41, 5.74) is 6.29. The van der Waals surface area contributed by atoms with Crippen molar-refractivity contribution >= 4 is 11.7 Å². The van der Waals surface area contributed by atoms with Crippen molar-refractivity contribution < 1.29 is 19.1 Å². The molecule has 0 aromatic heterocycles. The van der Waals surface area contributed by atoms with E-state index in [4.69, 9.17) is 15.2 Å². The summed E-state index contributed by atoms with van der Waals surface area (Å²) in [5, 5.41) is 0. The monoisotopic (exact) mass is 368 g/mol. The lowest BCUT2D eigenvalue weighted by molar-refractivity contribution is -0.144. The lowest BCUT2D eigenvalue weighted by atomic mass is 9.80. The van der Waals surface area contributed by atoms with Gasteiger partial charge in [-0.25, -0.2) is 0 Å². The minimum Gasteiger partial charge on any atom is -0.376 e. The zero-order valence-corrected chi connectivity index (χ0v) is 16.6. The number of Topliss-reactive ketones (excluding diaryl/α,β-unsaturated/α-hetero) is 1. The van der Waals surface area contributed by atoms with Gasteiger partial charge in [-0.1, -0.05) is 13.8 Å². The van der Waals surface area contributed by atoms with Gasteiger partial charge >= 0.3 is 0 Å². The second-order valence-corrected chi connectivity index (χ2v) is 8.27. The standard InChI is InChI=1S/C20H36N2O4/c1-14(2)16-6-8-17(9-7-16)26-12-19-18(21)5-4-10-22(19)20(24)13-25-11-15(3)23/h14,16-19H,4-13,21H2,1-3H3. The number of ether oxygens (including phenoxy) is 2. The Hall–Kier alpha value is -0.980. The molecule has 2 atom stereocenters. The maximum absolute atomic E-state index is 12.5. The summed E-state index contributed by atoms with van der Waals surface area (Å²) in [6.07, 6.45) is 6.73. The second-order valence-electron chi connectivity index (χ2n) is 8.27. The van der Waals surface area contributed by atoms with Crippen LogP contribution in [0.4, 0.5) is 0 Å². The number of hydrogen-bond donors (Lipinski definition) is 1. The average Bonchev–Trinajstić information content (AvgIpc) is 2.60. The van der Waals surface area contributed by atoms with E-state index in [1.807, 2.05) is 0 Å². The molecule has 2 unspecified atom stereocenters. The molecule has 0 spiro atoms. The second kappa shape index (κ2) is 10.4. The first kappa shape index (κ1) is 21.3. The van der Waals surface area contributed by atoms with Gasteiger partial charge in [-0.15, -0.1) is 0 Å². The van der Waals surface area contributed by atoms with Gasteiger partial charge in [-0.05, 0) is 57.3 Å². The largest absolute Gasteiger partial charge is 0.376 e. The number of carbonyl (C=O) groups excluding carboxylic acids is 2. The first-order valence-electron chi connectivity index (χ1n) is 10.1. The predicted molar refractivity (Wildman–Crippen MR) is 101 cm³/mol. The van der Waals surface area contributed by atoms with Crippen LogP contribution in [0.15, 0.2) is 0 Å². The van der Waals surface area contributed by atoms with Crippen LogP contribution in [0.3, 0.4) is 0 Å². The molecule has 2 rings (SSSR count). The molecule has 2 N–H and O–H groups in total. The van der Waals surface area contributed by atoms with E-state index in [9.17, 15) is 9.59 Å². The van der Waals surface area contributed by atoms with Gasteiger partial charge in [0.1, 0.15) is 13.2 Å². The molecule has 26 heavy (non-hydrogen) atoms. The molecule has 150 valence electrons. The lowest BCUT2D eigenvalue weighted by Gasteiger charge is -2.40. The summed E-state index contributed by atoms with van der Waals surface area (Å²) in [6.45, 7) is 7.13. The highest BCUT2D eigenvalue weighted by Crippen LogP contribution is 2.31. The summed E-state index contributed by atoms with van der Waals surface area (Å²) < 4.78 is 11.4. The third kappa shape index (κ3) is 6.32. The molecule has 0 aromatic carbocycles. The fourth-order valence-corrected chi connectivity index (χ4v) is 4.13. The smallest absolute Gasteiger partial charge is 0.248 e. The van der Waals surface area contributed by atoms with Crippen molar-refractivity contribution in [2.75, 3.05) is 26.4 Å². The Kier molecular flexibility index (Phi) is 8.51. The number of rotatable bonds is 8. The van der Waals surface area contributed by atoms with E-state index in [2.05, 4.69) is 13.8 Å².